The van der Waals surface area contributed by atoms with Gasteiger partial charge in [0.25, 0.3) is 0 Å². The van der Waals surface area contributed by atoms with Gasteiger partial charge >= 0.3 is 6.09 Å². The molecule has 0 fully saturated rings. The Bertz CT molecular complexity index is 1010. The minimum Gasteiger partial charge on any atom is -0.444 e. The van der Waals surface area contributed by atoms with E-state index in [1.54, 1.807) is 25.7 Å². The number of nitrogens with one attached hydrogen (secondary N) is 2. The highest BCUT2D eigenvalue weighted by Crippen LogP contribution is 2.31. The minimum atomic E-state index is -0.873. The first-order valence-electron chi connectivity index (χ1n) is 12.6. The SMILES string of the molecule is CCc1ccc(C(C(=O)NCc2ccccc2)N(C(=O)CNC(=O)OC(C)(C)C)C(C)(C)CC)cc1. The summed E-state index contributed by atoms with van der Waals surface area (Å²) in [5.74, 6) is -0.651. The lowest BCUT2D eigenvalue weighted by atomic mass is 9.92. The standard InChI is InChI=1S/C29H41N3O4/c1-8-21-15-17-23(18-16-21)25(26(34)30-19-22-13-11-10-12-14-22)32(29(6,7)9-2)24(33)20-31-27(35)36-28(3,4)5/h10-18,25H,8-9,19-20H2,1-7H3,(H,30,34)(H,31,35). The molecule has 0 spiro atoms. The molecule has 0 aromatic heterocycles. The summed E-state index contributed by atoms with van der Waals surface area (Å²) in [6, 6.07) is 16.5. The van der Waals surface area contributed by atoms with Crippen LogP contribution in [0.2, 0.25) is 0 Å². The summed E-state index contributed by atoms with van der Waals surface area (Å²) in [5, 5.41) is 5.56. The second kappa shape index (κ2) is 12.6. The molecular formula is C29H41N3O4. The van der Waals surface area contributed by atoms with Gasteiger partial charge in [0.05, 0.1) is 0 Å². The first-order valence-corrected chi connectivity index (χ1v) is 12.6. The van der Waals surface area contributed by atoms with Crippen LogP contribution in [0.4, 0.5) is 4.79 Å². The molecule has 0 heterocycles. The number of hydrogen-bond acceptors (Lipinski definition) is 4. The molecular weight excluding hydrogens is 454 g/mol. The number of carbonyl (C=O) groups excluding carboxylic acids is 3. The van der Waals surface area contributed by atoms with Crippen LogP contribution in [0.5, 0.6) is 0 Å². The molecule has 0 aliphatic rings. The average molecular weight is 496 g/mol. The van der Waals surface area contributed by atoms with E-state index in [9.17, 15) is 14.4 Å². The van der Waals surface area contributed by atoms with Gasteiger partial charge in [0.1, 0.15) is 18.2 Å². The second-order valence-electron chi connectivity index (χ2n) is 10.5. The smallest absolute Gasteiger partial charge is 0.408 e. The van der Waals surface area contributed by atoms with Crippen molar-refractivity contribution in [2.75, 3.05) is 6.54 Å². The summed E-state index contributed by atoms with van der Waals surface area (Å²) in [4.78, 5) is 41.1. The second-order valence-corrected chi connectivity index (χ2v) is 10.5. The third-order valence-corrected chi connectivity index (χ3v) is 6.09. The van der Waals surface area contributed by atoms with Gasteiger partial charge in [-0.1, -0.05) is 68.4 Å². The van der Waals surface area contributed by atoms with Crippen molar-refractivity contribution in [3.05, 3.63) is 71.3 Å². The fourth-order valence-corrected chi connectivity index (χ4v) is 3.78. The number of aryl methyl sites for hydroxylation is 1. The van der Waals surface area contributed by atoms with E-state index in [-0.39, 0.29) is 18.4 Å². The maximum Gasteiger partial charge on any atom is 0.408 e. The number of alkyl carbamates (subject to hydrolysis) is 1. The van der Waals surface area contributed by atoms with E-state index in [1.165, 1.54) is 0 Å². The van der Waals surface area contributed by atoms with Crippen molar-refractivity contribution in [2.24, 2.45) is 0 Å². The Balaban J connectivity index is 2.39. The molecule has 1 atom stereocenters. The minimum absolute atomic E-state index is 0.282. The van der Waals surface area contributed by atoms with Gasteiger partial charge in [0, 0.05) is 12.1 Å². The van der Waals surface area contributed by atoms with Crippen LogP contribution in [0.25, 0.3) is 0 Å². The summed E-state index contributed by atoms with van der Waals surface area (Å²) >= 11 is 0. The zero-order chi connectivity index (χ0) is 26.9. The van der Waals surface area contributed by atoms with E-state index in [2.05, 4.69) is 17.6 Å². The molecule has 0 saturated carbocycles. The Labute approximate surface area is 215 Å². The zero-order valence-electron chi connectivity index (χ0n) is 22.7. The molecule has 7 heteroatoms. The van der Waals surface area contributed by atoms with Gasteiger partial charge in [-0.15, -0.1) is 0 Å². The van der Waals surface area contributed by atoms with Gasteiger partial charge in [0.15, 0.2) is 0 Å². The Hall–Kier alpha value is -3.35. The third-order valence-electron chi connectivity index (χ3n) is 6.09. The molecule has 0 saturated heterocycles. The molecule has 2 aromatic rings. The normalized spacial score (nSPS) is 12.4. The van der Waals surface area contributed by atoms with E-state index in [0.717, 1.165) is 17.5 Å². The van der Waals surface area contributed by atoms with E-state index < -0.39 is 23.3 Å². The molecule has 2 N–H and O–H groups in total. The highest BCUT2D eigenvalue weighted by Gasteiger charge is 2.40. The number of rotatable bonds is 10. The summed E-state index contributed by atoms with van der Waals surface area (Å²) < 4.78 is 5.29. The van der Waals surface area contributed by atoms with Crippen molar-refractivity contribution >= 4 is 17.9 Å². The summed E-state index contributed by atoms with van der Waals surface area (Å²) in [6.45, 7) is 13.2. The topological polar surface area (TPSA) is 87.7 Å². The summed E-state index contributed by atoms with van der Waals surface area (Å²) in [5.41, 5.74) is 1.47. The van der Waals surface area contributed by atoms with Gasteiger partial charge in [-0.25, -0.2) is 4.79 Å². The Morgan fingerprint density at radius 2 is 1.47 bits per heavy atom. The van der Waals surface area contributed by atoms with Crippen molar-refractivity contribution in [1.29, 1.82) is 0 Å². The van der Waals surface area contributed by atoms with E-state index in [4.69, 9.17) is 4.74 Å². The van der Waals surface area contributed by atoms with Crippen molar-refractivity contribution in [3.8, 4) is 0 Å². The first kappa shape index (κ1) is 28.9. The quantitative estimate of drug-likeness (QED) is 0.477. The van der Waals surface area contributed by atoms with Crippen LogP contribution in [0.1, 0.15) is 77.6 Å². The van der Waals surface area contributed by atoms with E-state index in [1.807, 2.05) is 75.4 Å². The number of ether oxygens (including phenoxy) is 1. The molecule has 2 rings (SSSR count). The van der Waals surface area contributed by atoms with Gasteiger partial charge in [0.2, 0.25) is 11.8 Å². The lowest BCUT2D eigenvalue weighted by molar-refractivity contribution is -0.146. The van der Waals surface area contributed by atoms with Gasteiger partial charge in [-0.3, -0.25) is 9.59 Å². The Morgan fingerprint density at radius 3 is 2.00 bits per heavy atom. The molecule has 2 aromatic carbocycles. The number of carbonyl (C=O) groups is 3. The van der Waals surface area contributed by atoms with Crippen LogP contribution in [0.15, 0.2) is 54.6 Å². The molecule has 0 bridgehead atoms. The van der Waals surface area contributed by atoms with E-state index in [0.29, 0.717) is 18.5 Å². The maximum atomic E-state index is 13.7. The van der Waals surface area contributed by atoms with Crippen LogP contribution >= 0.6 is 0 Å². The molecule has 0 aliphatic heterocycles. The zero-order valence-corrected chi connectivity index (χ0v) is 22.7. The highest BCUT2D eigenvalue weighted by molar-refractivity contribution is 5.91. The average Bonchev–Trinajstić information content (AvgIpc) is 2.84. The highest BCUT2D eigenvalue weighted by atomic mass is 16.6. The molecule has 0 aliphatic carbocycles. The fourth-order valence-electron chi connectivity index (χ4n) is 3.78. The molecule has 1 unspecified atom stereocenters. The van der Waals surface area contributed by atoms with Crippen molar-refractivity contribution in [3.63, 3.8) is 0 Å². The molecule has 7 nitrogen and oxygen atoms in total. The predicted molar refractivity (Wildman–Crippen MR) is 142 cm³/mol. The third kappa shape index (κ3) is 8.40. The molecule has 3 amide bonds. The van der Waals surface area contributed by atoms with Crippen molar-refractivity contribution in [1.82, 2.24) is 15.5 Å². The van der Waals surface area contributed by atoms with Gasteiger partial charge in [-0.2, -0.15) is 0 Å². The van der Waals surface area contributed by atoms with Gasteiger partial charge in [-0.05, 0) is 64.2 Å². The lowest BCUT2D eigenvalue weighted by Crippen LogP contribution is -2.56. The Kier molecular flexibility index (Phi) is 10.1. The number of amides is 3. The molecule has 36 heavy (non-hydrogen) atoms. The largest absolute Gasteiger partial charge is 0.444 e. The summed E-state index contributed by atoms with van der Waals surface area (Å²) in [7, 11) is 0. The Morgan fingerprint density at radius 1 is 0.861 bits per heavy atom. The first-order chi connectivity index (χ1) is 16.9. The van der Waals surface area contributed by atoms with Crippen LogP contribution in [-0.2, 0) is 27.3 Å². The van der Waals surface area contributed by atoms with Crippen LogP contribution in [0, 0.1) is 0 Å². The number of benzene rings is 2. The van der Waals surface area contributed by atoms with Crippen molar-refractivity contribution < 1.29 is 19.1 Å². The number of nitrogens with zero attached hydrogens (tertiary/aromatic N) is 1. The van der Waals surface area contributed by atoms with Crippen LogP contribution < -0.4 is 10.6 Å². The molecule has 196 valence electrons. The lowest BCUT2D eigenvalue weighted by Gasteiger charge is -2.43. The monoisotopic (exact) mass is 495 g/mol. The van der Waals surface area contributed by atoms with Crippen LogP contribution in [0.3, 0.4) is 0 Å². The number of hydrogen-bond donors (Lipinski definition) is 2. The van der Waals surface area contributed by atoms with Crippen molar-refractivity contribution in [2.45, 2.75) is 85.0 Å². The molecule has 0 radical (unpaired) electrons. The van der Waals surface area contributed by atoms with E-state index >= 15 is 0 Å². The predicted octanol–water partition coefficient (Wildman–Crippen LogP) is 5.15. The summed E-state index contributed by atoms with van der Waals surface area (Å²) in [6.07, 6.45) is 0.803. The maximum absolute atomic E-state index is 13.7. The fraction of sp³-hybridized carbons (Fsp3) is 0.483. The van der Waals surface area contributed by atoms with Gasteiger partial charge < -0.3 is 20.3 Å². The van der Waals surface area contributed by atoms with Crippen LogP contribution in [-0.4, -0.2) is 40.5 Å².